The van der Waals surface area contributed by atoms with Gasteiger partial charge in [0.05, 0.1) is 12.5 Å². The summed E-state index contributed by atoms with van der Waals surface area (Å²) in [7, 11) is 0. The lowest BCUT2D eigenvalue weighted by Crippen LogP contribution is -2.28. The molecule has 1 saturated heterocycles. The Balaban J connectivity index is 1.73. The molecule has 1 atom stereocenters. The standard InChI is InChI=1S/C21H22N4O5/c1-2-30-17-5-3-16(4-6-17)25-11-14(10-18(25)26)21(29)24-15-8-12(19(22)27)7-13(9-15)20(23)28/h3-9,14H,2,10-11H2,1H3,(H2,22,27)(H2,23,28)(H,24,29)/t14-/m0/s1. The summed E-state index contributed by atoms with van der Waals surface area (Å²) in [5.74, 6) is -2.01. The predicted molar refractivity (Wildman–Crippen MR) is 110 cm³/mol. The van der Waals surface area contributed by atoms with Crippen molar-refractivity contribution in [2.45, 2.75) is 13.3 Å². The summed E-state index contributed by atoms with van der Waals surface area (Å²) in [5.41, 5.74) is 11.5. The zero-order valence-electron chi connectivity index (χ0n) is 16.4. The number of nitrogens with two attached hydrogens (primary N) is 2. The van der Waals surface area contributed by atoms with Gasteiger partial charge in [0.2, 0.25) is 23.6 Å². The SMILES string of the molecule is CCOc1ccc(N2C[C@@H](C(=O)Nc3cc(C(N)=O)cc(C(N)=O)c3)CC2=O)cc1. The molecular weight excluding hydrogens is 388 g/mol. The average molecular weight is 410 g/mol. The first kappa shape index (κ1) is 20.8. The molecule has 4 amide bonds. The molecule has 9 heteroatoms. The summed E-state index contributed by atoms with van der Waals surface area (Å²) in [6, 6.07) is 11.0. The van der Waals surface area contributed by atoms with E-state index < -0.39 is 23.6 Å². The van der Waals surface area contributed by atoms with Crippen LogP contribution in [0.1, 0.15) is 34.1 Å². The van der Waals surface area contributed by atoms with Crippen LogP contribution in [0.25, 0.3) is 0 Å². The third kappa shape index (κ3) is 4.57. The lowest BCUT2D eigenvalue weighted by Gasteiger charge is -2.17. The van der Waals surface area contributed by atoms with Crippen molar-refractivity contribution >= 4 is 35.0 Å². The van der Waals surface area contributed by atoms with Crippen molar-refractivity contribution in [3.05, 3.63) is 53.6 Å². The van der Waals surface area contributed by atoms with Gasteiger partial charge in [0.25, 0.3) is 0 Å². The minimum absolute atomic E-state index is 0.0389. The number of primary amides is 2. The molecular formula is C21H22N4O5. The van der Waals surface area contributed by atoms with Crippen molar-refractivity contribution in [2.75, 3.05) is 23.4 Å². The first-order chi connectivity index (χ1) is 14.3. The van der Waals surface area contributed by atoms with Crippen LogP contribution < -0.4 is 26.4 Å². The van der Waals surface area contributed by atoms with E-state index in [1.54, 1.807) is 24.3 Å². The molecule has 0 spiro atoms. The van der Waals surface area contributed by atoms with E-state index in [1.807, 2.05) is 6.92 Å². The second-order valence-electron chi connectivity index (χ2n) is 6.85. The molecule has 0 radical (unpaired) electrons. The quantitative estimate of drug-likeness (QED) is 0.629. The number of carbonyl (C=O) groups excluding carboxylic acids is 4. The van der Waals surface area contributed by atoms with Gasteiger partial charge >= 0.3 is 0 Å². The number of rotatable bonds is 7. The number of anilines is 2. The predicted octanol–water partition coefficient (Wildman–Crippen LogP) is 1.27. The van der Waals surface area contributed by atoms with Crippen molar-refractivity contribution < 1.29 is 23.9 Å². The number of hydrogen-bond donors (Lipinski definition) is 3. The Labute approximate surface area is 173 Å². The second-order valence-corrected chi connectivity index (χ2v) is 6.85. The summed E-state index contributed by atoms with van der Waals surface area (Å²) in [6.07, 6.45) is 0.0389. The highest BCUT2D eigenvalue weighted by atomic mass is 16.5. The first-order valence-corrected chi connectivity index (χ1v) is 9.37. The van der Waals surface area contributed by atoms with E-state index in [-0.39, 0.29) is 35.7 Å². The zero-order chi connectivity index (χ0) is 21.8. The van der Waals surface area contributed by atoms with E-state index >= 15 is 0 Å². The number of nitrogens with one attached hydrogen (secondary N) is 1. The van der Waals surface area contributed by atoms with Crippen LogP contribution in [0.2, 0.25) is 0 Å². The van der Waals surface area contributed by atoms with E-state index in [0.717, 1.165) is 0 Å². The number of hydrogen-bond acceptors (Lipinski definition) is 5. The molecule has 2 aromatic carbocycles. The molecule has 9 nitrogen and oxygen atoms in total. The smallest absolute Gasteiger partial charge is 0.248 e. The number of carbonyl (C=O) groups is 4. The molecule has 0 bridgehead atoms. The lowest BCUT2D eigenvalue weighted by molar-refractivity contribution is -0.122. The van der Waals surface area contributed by atoms with Gasteiger partial charge in [-0.2, -0.15) is 0 Å². The van der Waals surface area contributed by atoms with Gasteiger partial charge in [-0.25, -0.2) is 0 Å². The second kappa shape index (κ2) is 8.64. The van der Waals surface area contributed by atoms with Gasteiger partial charge in [0, 0.05) is 35.5 Å². The van der Waals surface area contributed by atoms with Crippen molar-refractivity contribution in [2.24, 2.45) is 17.4 Å². The van der Waals surface area contributed by atoms with Crippen molar-refractivity contribution in [3.8, 4) is 5.75 Å². The first-order valence-electron chi connectivity index (χ1n) is 9.37. The average Bonchev–Trinajstić information content (AvgIpc) is 3.10. The molecule has 156 valence electrons. The third-order valence-corrected chi connectivity index (χ3v) is 4.72. The Morgan fingerprint density at radius 1 is 1.07 bits per heavy atom. The summed E-state index contributed by atoms with van der Waals surface area (Å²) < 4.78 is 5.40. The number of nitrogens with zero attached hydrogens (tertiary/aromatic N) is 1. The van der Waals surface area contributed by atoms with Crippen LogP contribution in [-0.2, 0) is 9.59 Å². The summed E-state index contributed by atoms with van der Waals surface area (Å²) in [6.45, 7) is 2.63. The Bertz CT molecular complexity index is 971. The Kier molecular flexibility index (Phi) is 6.01. The molecule has 1 fully saturated rings. The van der Waals surface area contributed by atoms with E-state index in [1.165, 1.54) is 23.1 Å². The molecule has 0 aromatic heterocycles. The zero-order valence-corrected chi connectivity index (χ0v) is 16.4. The minimum atomic E-state index is -0.758. The highest BCUT2D eigenvalue weighted by molar-refractivity contribution is 6.05. The Morgan fingerprint density at radius 2 is 1.67 bits per heavy atom. The monoisotopic (exact) mass is 410 g/mol. The maximum Gasteiger partial charge on any atom is 0.248 e. The normalized spacial score (nSPS) is 15.7. The van der Waals surface area contributed by atoms with E-state index in [4.69, 9.17) is 16.2 Å². The molecule has 5 N–H and O–H groups in total. The summed E-state index contributed by atoms with van der Waals surface area (Å²) >= 11 is 0. The molecule has 1 aliphatic heterocycles. The molecule has 3 rings (SSSR count). The van der Waals surface area contributed by atoms with Crippen LogP contribution in [0.4, 0.5) is 11.4 Å². The number of ether oxygens (including phenoxy) is 1. The largest absolute Gasteiger partial charge is 0.494 e. The van der Waals surface area contributed by atoms with Crippen molar-refractivity contribution in [3.63, 3.8) is 0 Å². The van der Waals surface area contributed by atoms with Crippen LogP contribution in [0.3, 0.4) is 0 Å². The fourth-order valence-electron chi connectivity index (χ4n) is 3.25. The van der Waals surface area contributed by atoms with E-state index in [2.05, 4.69) is 5.32 Å². The van der Waals surface area contributed by atoms with Gasteiger partial charge in [-0.15, -0.1) is 0 Å². The van der Waals surface area contributed by atoms with E-state index in [9.17, 15) is 19.2 Å². The van der Waals surface area contributed by atoms with Crippen LogP contribution in [-0.4, -0.2) is 36.8 Å². The van der Waals surface area contributed by atoms with Crippen LogP contribution in [0, 0.1) is 5.92 Å². The molecule has 0 saturated carbocycles. The number of benzene rings is 2. The highest BCUT2D eigenvalue weighted by Crippen LogP contribution is 2.28. The fourth-order valence-corrected chi connectivity index (χ4v) is 3.25. The van der Waals surface area contributed by atoms with Crippen molar-refractivity contribution in [1.29, 1.82) is 0 Å². The molecule has 1 heterocycles. The molecule has 2 aromatic rings. The third-order valence-electron chi connectivity index (χ3n) is 4.72. The van der Waals surface area contributed by atoms with Gasteiger partial charge in [-0.3, -0.25) is 19.2 Å². The lowest BCUT2D eigenvalue weighted by atomic mass is 10.1. The Morgan fingerprint density at radius 3 is 2.20 bits per heavy atom. The molecule has 0 aliphatic carbocycles. The molecule has 1 aliphatic rings. The highest BCUT2D eigenvalue weighted by Gasteiger charge is 2.35. The van der Waals surface area contributed by atoms with Crippen LogP contribution in [0.5, 0.6) is 5.75 Å². The van der Waals surface area contributed by atoms with Crippen LogP contribution in [0.15, 0.2) is 42.5 Å². The van der Waals surface area contributed by atoms with Crippen LogP contribution >= 0.6 is 0 Å². The van der Waals surface area contributed by atoms with Gasteiger partial charge < -0.3 is 26.4 Å². The summed E-state index contributed by atoms with van der Waals surface area (Å²) in [4.78, 5) is 49.6. The molecule has 0 unspecified atom stereocenters. The van der Waals surface area contributed by atoms with Gasteiger partial charge in [-0.05, 0) is 49.4 Å². The van der Waals surface area contributed by atoms with Gasteiger partial charge in [-0.1, -0.05) is 0 Å². The van der Waals surface area contributed by atoms with Crippen molar-refractivity contribution in [1.82, 2.24) is 0 Å². The topological polar surface area (TPSA) is 145 Å². The van der Waals surface area contributed by atoms with Gasteiger partial charge in [0.1, 0.15) is 5.75 Å². The maximum absolute atomic E-state index is 12.7. The van der Waals surface area contributed by atoms with Gasteiger partial charge in [0.15, 0.2) is 0 Å². The summed E-state index contributed by atoms with van der Waals surface area (Å²) in [5, 5.41) is 2.64. The maximum atomic E-state index is 12.7. The Hall–Kier alpha value is -3.88. The molecule has 30 heavy (non-hydrogen) atoms. The van der Waals surface area contributed by atoms with E-state index in [0.29, 0.717) is 18.0 Å². The number of amides is 4. The minimum Gasteiger partial charge on any atom is -0.494 e. The fraction of sp³-hybridized carbons (Fsp3) is 0.238.